The molecular weight excluding hydrogens is 424 g/mol. The summed E-state index contributed by atoms with van der Waals surface area (Å²) in [6.07, 6.45) is 3.65. The van der Waals surface area contributed by atoms with Gasteiger partial charge in [0, 0.05) is 24.5 Å². The van der Waals surface area contributed by atoms with Crippen molar-refractivity contribution in [3.05, 3.63) is 48.0 Å². The van der Waals surface area contributed by atoms with Crippen LogP contribution < -0.4 is 25.0 Å². The van der Waals surface area contributed by atoms with E-state index in [4.69, 9.17) is 9.47 Å². The van der Waals surface area contributed by atoms with Crippen molar-refractivity contribution in [2.45, 2.75) is 31.7 Å². The number of hydrogen-bond acceptors (Lipinski definition) is 6. The van der Waals surface area contributed by atoms with Gasteiger partial charge in [0.15, 0.2) is 11.5 Å². The van der Waals surface area contributed by atoms with E-state index in [0.29, 0.717) is 22.7 Å². The van der Waals surface area contributed by atoms with Gasteiger partial charge in [0.25, 0.3) is 5.91 Å². The van der Waals surface area contributed by atoms with E-state index in [1.165, 1.54) is 19.3 Å². The fraction of sp³-hybridized carbons (Fsp3) is 0.375. The van der Waals surface area contributed by atoms with Gasteiger partial charge in [-0.15, -0.1) is 0 Å². The molecule has 0 spiro atoms. The lowest BCUT2D eigenvalue weighted by atomic mass is 9.91. The number of ether oxygens (including phenoxy) is 2. The summed E-state index contributed by atoms with van der Waals surface area (Å²) < 4.78 is 10.7. The van der Waals surface area contributed by atoms with Crippen molar-refractivity contribution < 1.29 is 23.9 Å². The van der Waals surface area contributed by atoms with Crippen LogP contribution in [-0.4, -0.2) is 49.2 Å². The monoisotopic (exact) mass is 450 g/mol. The van der Waals surface area contributed by atoms with E-state index < -0.39 is 23.4 Å². The number of anilines is 2. The van der Waals surface area contributed by atoms with Gasteiger partial charge >= 0.3 is 6.03 Å². The summed E-state index contributed by atoms with van der Waals surface area (Å²) in [4.78, 5) is 41.6. The first-order chi connectivity index (χ1) is 15.9. The first kappa shape index (κ1) is 21.1. The Hall–Kier alpha value is -3.75. The number of benzene rings is 2. The molecule has 3 aliphatic rings. The van der Waals surface area contributed by atoms with Gasteiger partial charge in [-0.05, 0) is 68.1 Å². The number of rotatable bonds is 5. The van der Waals surface area contributed by atoms with Gasteiger partial charge in [0.1, 0.15) is 12.1 Å². The van der Waals surface area contributed by atoms with Crippen molar-refractivity contribution in [2.75, 3.05) is 36.6 Å². The van der Waals surface area contributed by atoms with Crippen molar-refractivity contribution in [2.24, 2.45) is 0 Å². The van der Waals surface area contributed by atoms with E-state index in [9.17, 15) is 14.4 Å². The Morgan fingerprint density at radius 2 is 1.76 bits per heavy atom. The highest BCUT2D eigenvalue weighted by atomic mass is 16.7. The highest BCUT2D eigenvalue weighted by Crippen LogP contribution is 2.37. The van der Waals surface area contributed by atoms with E-state index in [1.54, 1.807) is 25.1 Å². The number of imide groups is 1. The third-order valence-corrected chi connectivity index (χ3v) is 6.40. The van der Waals surface area contributed by atoms with Crippen LogP contribution in [-0.2, 0) is 15.1 Å². The normalized spacial score (nSPS) is 21.8. The number of amides is 4. The molecule has 0 bridgehead atoms. The summed E-state index contributed by atoms with van der Waals surface area (Å²) in [5, 5.41) is 5.48. The van der Waals surface area contributed by atoms with Crippen LogP contribution >= 0.6 is 0 Å². The lowest BCUT2D eigenvalue weighted by molar-refractivity contribution is -0.133. The molecule has 2 aromatic rings. The maximum Gasteiger partial charge on any atom is 0.325 e. The number of urea groups is 1. The molecule has 172 valence electrons. The van der Waals surface area contributed by atoms with E-state index in [1.807, 2.05) is 24.3 Å². The number of nitrogens with one attached hydrogen (secondary N) is 2. The zero-order valence-corrected chi connectivity index (χ0v) is 18.4. The number of nitrogens with zero attached hydrogens (tertiary/aromatic N) is 2. The van der Waals surface area contributed by atoms with E-state index >= 15 is 0 Å². The average Bonchev–Trinajstić information content (AvgIpc) is 3.38. The topological polar surface area (TPSA) is 100 Å². The maximum atomic E-state index is 13.1. The summed E-state index contributed by atoms with van der Waals surface area (Å²) >= 11 is 0. The van der Waals surface area contributed by atoms with Crippen LogP contribution in [0.2, 0.25) is 0 Å². The van der Waals surface area contributed by atoms with Crippen molar-refractivity contribution in [1.82, 2.24) is 10.2 Å². The minimum atomic E-state index is -1.30. The van der Waals surface area contributed by atoms with Crippen molar-refractivity contribution in [3.63, 3.8) is 0 Å². The molecular formula is C24H26N4O5. The Morgan fingerprint density at radius 3 is 2.52 bits per heavy atom. The van der Waals surface area contributed by atoms with Gasteiger partial charge < -0.3 is 25.0 Å². The van der Waals surface area contributed by atoms with Crippen LogP contribution in [0.4, 0.5) is 16.2 Å². The zero-order valence-electron chi connectivity index (χ0n) is 18.4. The molecule has 0 saturated carbocycles. The highest BCUT2D eigenvalue weighted by Gasteiger charge is 2.49. The second-order valence-electron chi connectivity index (χ2n) is 8.66. The van der Waals surface area contributed by atoms with E-state index in [-0.39, 0.29) is 13.3 Å². The third kappa shape index (κ3) is 3.94. The Bertz CT molecular complexity index is 1100. The molecule has 2 N–H and O–H groups in total. The zero-order chi connectivity index (χ0) is 23.0. The number of piperidine rings is 1. The van der Waals surface area contributed by atoms with Crippen LogP contribution in [0, 0.1) is 0 Å². The molecule has 0 unspecified atom stereocenters. The highest BCUT2D eigenvalue weighted by molar-refractivity contribution is 6.10. The van der Waals surface area contributed by atoms with E-state index in [2.05, 4.69) is 15.5 Å². The quantitative estimate of drug-likeness (QED) is 0.680. The summed E-state index contributed by atoms with van der Waals surface area (Å²) in [6.45, 7) is 3.43. The third-order valence-electron chi connectivity index (χ3n) is 6.40. The molecule has 0 aromatic heterocycles. The molecule has 9 nitrogen and oxygen atoms in total. The van der Waals surface area contributed by atoms with Gasteiger partial charge in [-0.3, -0.25) is 14.5 Å². The van der Waals surface area contributed by atoms with Crippen LogP contribution in [0.15, 0.2) is 42.5 Å². The molecule has 3 heterocycles. The second-order valence-corrected chi connectivity index (χ2v) is 8.66. The largest absolute Gasteiger partial charge is 0.454 e. The minimum absolute atomic E-state index is 0.112. The summed E-state index contributed by atoms with van der Waals surface area (Å²) in [5.41, 5.74) is 1.00. The maximum absolute atomic E-state index is 13.1. The Kier molecular flexibility index (Phi) is 5.32. The molecule has 0 aliphatic carbocycles. The van der Waals surface area contributed by atoms with Gasteiger partial charge in [-0.2, -0.15) is 0 Å². The van der Waals surface area contributed by atoms with Gasteiger partial charge in [0.2, 0.25) is 12.7 Å². The first-order valence-electron chi connectivity index (χ1n) is 11.1. The Morgan fingerprint density at radius 1 is 1.03 bits per heavy atom. The average molecular weight is 450 g/mol. The van der Waals surface area contributed by atoms with Gasteiger partial charge in [-0.25, -0.2) is 4.79 Å². The van der Waals surface area contributed by atoms with Crippen LogP contribution in [0.3, 0.4) is 0 Å². The lowest BCUT2D eigenvalue weighted by Gasteiger charge is -2.28. The summed E-state index contributed by atoms with van der Waals surface area (Å²) in [7, 11) is 0. The fourth-order valence-electron chi connectivity index (χ4n) is 4.50. The van der Waals surface area contributed by atoms with E-state index in [0.717, 1.165) is 23.7 Å². The number of carbonyl (C=O) groups is 3. The molecule has 0 radical (unpaired) electrons. The van der Waals surface area contributed by atoms with Crippen LogP contribution in [0.25, 0.3) is 0 Å². The van der Waals surface area contributed by atoms with Crippen molar-refractivity contribution >= 4 is 29.2 Å². The summed E-state index contributed by atoms with van der Waals surface area (Å²) in [5.74, 6) is 0.155. The summed E-state index contributed by atoms with van der Waals surface area (Å²) in [6, 6.07) is 12.1. The number of carbonyl (C=O) groups excluding carboxylic acids is 3. The SMILES string of the molecule is C[C@@]1(c2ccc3c(c2)OCO3)NC(=O)N(CC(=O)Nc2ccc(N3CCCCC3)cc2)C1=O. The smallest absolute Gasteiger partial charge is 0.325 e. The predicted octanol–water partition coefficient (Wildman–Crippen LogP) is 2.81. The molecule has 2 aromatic carbocycles. The predicted molar refractivity (Wildman–Crippen MR) is 121 cm³/mol. The Balaban J connectivity index is 1.24. The number of hydrogen-bond donors (Lipinski definition) is 2. The molecule has 3 aliphatic heterocycles. The van der Waals surface area contributed by atoms with Gasteiger partial charge in [-0.1, -0.05) is 6.07 Å². The van der Waals surface area contributed by atoms with Crippen LogP contribution in [0.5, 0.6) is 11.5 Å². The second kappa shape index (κ2) is 8.31. The number of fused-ring (bicyclic) bond motifs is 1. The van der Waals surface area contributed by atoms with Crippen molar-refractivity contribution in [1.29, 1.82) is 0 Å². The van der Waals surface area contributed by atoms with Crippen molar-refractivity contribution in [3.8, 4) is 11.5 Å². The fourth-order valence-corrected chi connectivity index (χ4v) is 4.50. The molecule has 33 heavy (non-hydrogen) atoms. The lowest BCUT2D eigenvalue weighted by Crippen LogP contribution is -2.42. The Labute approximate surface area is 191 Å². The van der Waals surface area contributed by atoms with Crippen LogP contribution in [0.1, 0.15) is 31.7 Å². The minimum Gasteiger partial charge on any atom is -0.454 e. The molecule has 2 fully saturated rings. The first-order valence-corrected chi connectivity index (χ1v) is 11.1. The molecule has 1 atom stereocenters. The molecule has 2 saturated heterocycles. The molecule has 5 rings (SSSR count). The molecule has 4 amide bonds. The standard InChI is InChI=1S/C24H26N4O5/c1-24(16-5-10-19-20(13-16)33-15-32-19)22(30)28(23(31)26-24)14-21(29)25-17-6-8-18(9-7-17)27-11-3-2-4-12-27/h5-10,13H,2-4,11-12,14-15H2,1H3,(H,25,29)(H,26,31)/t24-/m0/s1. The van der Waals surface area contributed by atoms with Gasteiger partial charge in [0.05, 0.1) is 0 Å². The molecule has 9 heteroatoms.